The molecule has 1 aromatic rings. The number of methoxy groups -OCH3 is 1. The number of esters is 2. The number of carbonyl (C=O) groups excluding carboxylic acids is 2. The van der Waals surface area contributed by atoms with Crippen LogP contribution in [0.2, 0.25) is 0 Å². The van der Waals surface area contributed by atoms with E-state index < -0.39 is 66.5 Å². The van der Waals surface area contributed by atoms with Gasteiger partial charge >= 0.3 is 17.6 Å². The van der Waals surface area contributed by atoms with Crippen LogP contribution < -0.4 is 11.2 Å². The fourth-order valence-electron chi connectivity index (χ4n) is 2.63. The molecular weight excluding hydrogens is 412 g/mol. The van der Waals surface area contributed by atoms with Gasteiger partial charge in [0.15, 0.2) is 13.0 Å². The summed E-state index contributed by atoms with van der Waals surface area (Å²) >= 11 is 0. The Morgan fingerprint density at radius 1 is 1.23 bits per heavy atom. The summed E-state index contributed by atoms with van der Waals surface area (Å²) < 4.78 is 22.3. The summed E-state index contributed by atoms with van der Waals surface area (Å²) in [6.45, 7) is 9.46. The number of rotatable bonds is 6. The smallest absolute Gasteiger partial charge is 0.335 e. The molecule has 0 bridgehead atoms. The summed E-state index contributed by atoms with van der Waals surface area (Å²) in [5.41, 5.74) is -2.30. The minimum Gasteiger partial charge on any atom is -0.467 e. The maximum absolute atomic E-state index is 12.8. The second-order valence-corrected chi connectivity index (χ2v) is 7.66. The van der Waals surface area contributed by atoms with Crippen molar-refractivity contribution in [3.8, 4) is 0 Å². The molecule has 11 nitrogen and oxygen atoms in total. The molecule has 4 atom stereocenters. The Kier molecular flexibility index (Phi) is 9.60. The van der Waals surface area contributed by atoms with Crippen LogP contribution in [-0.2, 0) is 35.3 Å². The molecule has 4 unspecified atom stereocenters. The molecule has 2 rings (SSSR count). The van der Waals surface area contributed by atoms with Crippen LogP contribution in [0.15, 0.2) is 21.9 Å². The summed E-state index contributed by atoms with van der Waals surface area (Å²) in [6, 6.07) is 1.10. The van der Waals surface area contributed by atoms with Gasteiger partial charge in [0, 0.05) is 12.3 Å². The molecule has 176 valence electrons. The molecule has 1 aliphatic rings. The highest BCUT2D eigenvalue weighted by Gasteiger charge is 2.44. The van der Waals surface area contributed by atoms with Gasteiger partial charge in [-0.15, -0.1) is 0 Å². The van der Waals surface area contributed by atoms with Gasteiger partial charge in [-0.3, -0.25) is 14.2 Å². The van der Waals surface area contributed by atoms with Gasteiger partial charge in [0.1, 0.15) is 18.8 Å². The monoisotopic (exact) mass is 444 g/mol. The van der Waals surface area contributed by atoms with Gasteiger partial charge in [0.05, 0.1) is 18.6 Å². The number of hydrogen-bond donors (Lipinski definition) is 1. The predicted octanol–water partition coefficient (Wildman–Crippen LogP) is 0.419. The molecule has 0 radical (unpaired) electrons. The molecule has 0 saturated carbocycles. The molecule has 1 aromatic heterocycles. The first kappa shape index (κ1) is 26.5. The lowest BCUT2D eigenvalue weighted by Crippen LogP contribution is -2.44. The first-order valence-electron chi connectivity index (χ1n) is 9.98. The number of carbonyl (C=O) groups is 2. The molecule has 1 saturated heterocycles. The van der Waals surface area contributed by atoms with Crippen molar-refractivity contribution in [3.05, 3.63) is 33.1 Å². The number of ether oxygens (including phenoxy) is 4. The number of nitrogens with zero attached hydrogens (tertiary/aromatic N) is 2. The molecule has 0 spiro atoms. The molecule has 1 N–H and O–H groups in total. The number of aliphatic hydroxyl groups excluding tert-OH is 1. The van der Waals surface area contributed by atoms with Gasteiger partial charge in [-0.05, 0) is 27.7 Å². The Balaban J connectivity index is 0.00000233. The Morgan fingerprint density at radius 2 is 1.84 bits per heavy atom. The molecule has 31 heavy (non-hydrogen) atoms. The third-order valence-electron chi connectivity index (χ3n) is 4.38. The molecule has 1 fully saturated rings. The topological polar surface area (TPSA) is 135 Å². The zero-order valence-corrected chi connectivity index (χ0v) is 19.0. The highest BCUT2D eigenvalue weighted by molar-refractivity contribution is 5.75. The predicted molar refractivity (Wildman–Crippen MR) is 109 cm³/mol. The van der Waals surface area contributed by atoms with Crippen molar-refractivity contribution in [2.75, 3.05) is 13.7 Å². The van der Waals surface area contributed by atoms with Crippen LogP contribution in [0.3, 0.4) is 0 Å². The Bertz CT molecular complexity index is 869. The lowest BCUT2D eigenvalue weighted by Gasteiger charge is -2.23. The summed E-state index contributed by atoms with van der Waals surface area (Å²) in [7, 11) is 1.19. The van der Waals surface area contributed by atoms with E-state index >= 15 is 0 Å². The van der Waals surface area contributed by atoms with E-state index in [4.69, 9.17) is 14.2 Å². The van der Waals surface area contributed by atoms with Gasteiger partial charge < -0.3 is 24.1 Å². The molecule has 2 heterocycles. The highest BCUT2D eigenvalue weighted by Crippen LogP contribution is 2.30. The SMILES string of the molecule is CC.COC(=O)COC1C(O)C(C)OC1n1ccc(=O)n(COC(=O)C(C)(C)C)c1=O. The van der Waals surface area contributed by atoms with Crippen molar-refractivity contribution in [2.45, 2.75) is 72.8 Å². The second-order valence-electron chi connectivity index (χ2n) is 7.66. The fraction of sp³-hybridized carbons (Fsp3) is 0.700. The molecular formula is C20H32N2O9. The standard InChI is InChI=1S/C18H26N2O9.C2H6/c1-10-13(23)14(27-8-12(22)26-5)15(29-10)19-7-6-11(21)20(17(19)25)9-28-16(24)18(2,3)4;1-2/h6-7,10,13-15,23H,8-9H2,1-5H3;1-2H3. The molecule has 1 aliphatic heterocycles. The van der Waals surface area contributed by atoms with Gasteiger partial charge in [-0.2, -0.15) is 0 Å². The van der Waals surface area contributed by atoms with Crippen molar-refractivity contribution in [1.82, 2.24) is 9.13 Å². The maximum Gasteiger partial charge on any atom is 0.335 e. The summed E-state index contributed by atoms with van der Waals surface area (Å²) in [5, 5.41) is 10.3. The van der Waals surface area contributed by atoms with E-state index in [-0.39, 0.29) is 0 Å². The lowest BCUT2D eigenvalue weighted by molar-refractivity contribution is -0.157. The van der Waals surface area contributed by atoms with Crippen molar-refractivity contribution in [1.29, 1.82) is 0 Å². The van der Waals surface area contributed by atoms with Crippen LogP contribution in [0.25, 0.3) is 0 Å². The van der Waals surface area contributed by atoms with Gasteiger partial charge in [0.2, 0.25) is 0 Å². The summed E-state index contributed by atoms with van der Waals surface area (Å²) in [5.74, 6) is -1.25. The number of aliphatic hydroxyl groups is 1. The van der Waals surface area contributed by atoms with Crippen LogP contribution in [0.4, 0.5) is 0 Å². The third-order valence-corrected chi connectivity index (χ3v) is 4.38. The minimum absolute atomic E-state index is 0.456. The quantitative estimate of drug-likeness (QED) is 0.619. The average Bonchev–Trinajstić information content (AvgIpc) is 3.00. The van der Waals surface area contributed by atoms with E-state index in [1.165, 1.54) is 13.3 Å². The Hall–Kier alpha value is -2.50. The molecule has 11 heteroatoms. The molecule has 0 aliphatic carbocycles. The first-order valence-corrected chi connectivity index (χ1v) is 9.98. The average molecular weight is 444 g/mol. The van der Waals surface area contributed by atoms with Crippen LogP contribution in [-0.4, -0.2) is 58.2 Å². The van der Waals surface area contributed by atoms with E-state index in [0.29, 0.717) is 0 Å². The van der Waals surface area contributed by atoms with Crippen LogP contribution in [0.1, 0.15) is 47.8 Å². The molecule has 0 amide bonds. The van der Waals surface area contributed by atoms with Gasteiger partial charge in [-0.1, -0.05) is 13.8 Å². The minimum atomic E-state index is -1.13. The second kappa shape index (κ2) is 11.2. The van der Waals surface area contributed by atoms with E-state index in [2.05, 4.69) is 4.74 Å². The largest absolute Gasteiger partial charge is 0.467 e. The van der Waals surface area contributed by atoms with Crippen LogP contribution in [0.5, 0.6) is 0 Å². The van der Waals surface area contributed by atoms with Gasteiger partial charge in [0.25, 0.3) is 5.56 Å². The first-order chi connectivity index (χ1) is 14.5. The van der Waals surface area contributed by atoms with E-state index in [1.54, 1.807) is 27.7 Å². The van der Waals surface area contributed by atoms with Crippen molar-refractivity contribution in [3.63, 3.8) is 0 Å². The van der Waals surface area contributed by atoms with Gasteiger partial charge in [-0.25, -0.2) is 14.2 Å². The highest BCUT2D eigenvalue weighted by atomic mass is 16.6. The summed E-state index contributed by atoms with van der Waals surface area (Å²) in [6.07, 6.45) is -2.81. The molecule has 0 aromatic carbocycles. The van der Waals surface area contributed by atoms with Crippen molar-refractivity contribution < 1.29 is 33.6 Å². The normalized spacial score (nSPS) is 23.0. The zero-order valence-electron chi connectivity index (χ0n) is 19.0. The van der Waals surface area contributed by atoms with Crippen LogP contribution >= 0.6 is 0 Å². The third kappa shape index (κ3) is 6.49. The van der Waals surface area contributed by atoms with Crippen molar-refractivity contribution in [2.24, 2.45) is 5.41 Å². The Morgan fingerprint density at radius 3 is 2.39 bits per heavy atom. The van der Waals surface area contributed by atoms with Crippen LogP contribution in [0, 0.1) is 5.41 Å². The number of hydrogen-bond acceptors (Lipinski definition) is 9. The maximum atomic E-state index is 12.8. The Labute approximate surface area is 180 Å². The van der Waals surface area contributed by atoms with E-state index in [0.717, 1.165) is 15.2 Å². The number of aromatic nitrogens is 2. The fourth-order valence-corrected chi connectivity index (χ4v) is 2.63. The van der Waals surface area contributed by atoms with Crippen molar-refractivity contribution >= 4 is 11.9 Å². The van der Waals surface area contributed by atoms with E-state index in [1.807, 2.05) is 13.8 Å². The zero-order chi connectivity index (χ0) is 23.9. The van der Waals surface area contributed by atoms with E-state index in [9.17, 15) is 24.3 Å². The summed E-state index contributed by atoms with van der Waals surface area (Å²) in [4.78, 5) is 48.2. The lowest BCUT2D eigenvalue weighted by atomic mass is 9.98.